The molecule has 0 rings (SSSR count). The van der Waals surface area contributed by atoms with E-state index in [1.807, 2.05) is 12.2 Å². The summed E-state index contributed by atoms with van der Waals surface area (Å²) in [5, 5.41) is 9.83. The maximum absolute atomic E-state index is 12.1. The minimum atomic E-state index is -0.822. The lowest BCUT2D eigenvalue weighted by atomic mass is 9.94. The fourth-order valence-corrected chi connectivity index (χ4v) is 5.64. The summed E-state index contributed by atoms with van der Waals surface area (Å²) in [6.45, 7) is 6.05. The first kappa shape index (κ1) is 44.4. The maximum atomic E-state index is 12.1. The smallest absolute Gasteiger partial charge is 0.330 e. The standard InChI is InChI=1S/C41H76O5/c1-4-6-8-10-12-14-16-18-20-22-24-26-28-30-32-34-39(43)45-37-41(3,36-42)38-46-40(44)35-33-31-29-27-25-23-21-19-17-15-13-11-9-7-5-2/h32-35,42H,4-31,36-38H2,1-3H3. The Morgan fingerprint density at radius 2 is 0.739 bits per heavy atom. The first-order valence-electron chi connectivity index (χ1n) is 19.7. The number of hydrogen-bond acceptors (Lipinski definition) is 5. The molecular weight excluding hydrogens is 572 g/mol. The van der Waals surface area contributed by atoms with Gasteiger partial charge < -0.3 is 14.6 Å². The van der Waals surface area contributed by atoms with Crippen LogP contribution in [0.4, 0.5) is 0 Å². The van der Waals surface area contributed by atoms with Crippen LogP contribution in [0, 0.1) is 5.41 Å². The Labute approximate surface area is 285 Å². The monoisotopic (exact) mass is 649 g/mol. The zero-order valence-electron chi connectivity index (χ0n) is 30.8. The summed E-state index contributed by atoms with van der Waals surface area (Å²) in [5.74, 6) is -0.836. The Bertz CT molecular complexity index is 672. The number of unbranched alkanes of at least 4 members (excludes halogenated alkanes) is 26. The Morgan fingerprint density at radius 1 is 0.478 bits per heavy atom. The minimum absolute atomic E-state index is 0.00136. The van der Waals surface area contributed by atoms with E-state index < -0.39 is 17.4 Å². The number of esters is 2. The average Bonchev–Trinajstić information content (AvgIpc) is 3.06. The Morgan fingerprint density at radius 3 is 1.00 bits per heavy atom. The molecule has 0 aliphatic rings. The molecule has 1 N–H and O–H groups in total. The number of hydrogen-bond donors (Lipinski definition) is 1. The summed E-state index contributed by atoms with van der Waals surface area (Å²) in [6, 6.07) is 0. The highest BCUT2D eigenvalue weighted by Gasteiger charge is 2.27. The van der Waals surface area contributed by atoms with Gasteiger partial charge in [-0.2, -0.15) is 0 Å². The summed E-state index contributed by atoms with van der Waals surface area (Å²) < 4.78 is 10.7. The lowest BCUT2D eigenvalue weighted by Crippen LogP contribution is -2.34. The third kappa shape index (κ3) is 32.3. The van der Waals surface area contributed by atoms with E-state index in [2.05, 4.69) is 13.8 Å². The van der Waals surface area contributed by atoms with Crippen LogP contribution in [0.1, 0.15) is 201 Å². The van der Waals surface area contributed by atoms with Crippen LogP contribution in [-0.2, 0) is 19.1 Å². The van der Waals surface area contributed by atoms with E-state index in [1.54, 1.807) is 6.92 Å². The molecule has 0 aromatic carbocycles. The molecule has 46 heavy (non-hydrogen) atoms. The number of allylic oxidation sites excluding steroid dienone is 2. The number of carbonyl (C=O) groups excluding carboxylic acids is 2. The van der Waals surface area contributed by atoms with E-state index in [1.165, 1.54) is 166 Å². The van der Waals surface area contributed by atoms with Crippen molar-refractivity contribution >= 4 is 11.9 Å². The second-order valence-electron chi connectivity index (χ2n) is 14.1. The molecule has 0 aliphatic carbocycles. The Kier molecular flexibility index (Phi) is 33.5. The molecule has 0 atom stereocenters. The molecule has 0 amide bonds. The molecule has 0 saturated heterocycles. The minimum Gasteiger partial charge on any atom is -0.462 e. The van der Waals surface area contributed by atoms with Gasteiger partial charge in [0.2, 0.25) is 0 Å². The molecule has 0 aliphatic heterocycles. The van der Waals surface area contributed by atoms with E-state index >= 15 is 0 Å². The lowest BCUT2D eigenvalue weighted by Gasteiger charge is -2.25. The molecule has 0 fully saturated rings. The van der Waals surface area contributed by atoms with Gasteiger partial charge in [0.15, 0.2) is 0 Å². The van der Waals surface area contributed by atoms with E-state index in [0.717, 1.165) is 25.7 Å². The van der Waals surface area contributed by atoms with E-state index in [4.69, 9.17) is 9.47 Å². The van der Waals surface area contributed by atoms with Crippen LogP contribution in [0.15, 0.2) is 24.3 Å². The molecular formula is C41H76O5. The number of aliphatic hydroxyl groups is 1. The van der Waals surface area contributed by atoms with Gasteiger partial charge in [0.25, 0.3) is 0 Å². The van der Waals surface area contributed by atoms with Crippen molar-refractivity contribution < 1.29 is 24.2 Å². The van der Waals surface area contributed by atoms with Crippen molar-refractivity contribution in [2.24, 2.45) is 5.41 Å². The van der Waals surface area contributed by atoms with Crippen LogP contribution >= 0.6 is 0 Å². The third-order valence-corrected chi connectivity index (χ3v) is 8.96. The SMILES string of the molecule is CCCCCCCCCCCCCCCC=CC(=O)OCC(C)(CO)COC(=O)C=CCCCCCCCCCCCCCCC. The van der Waals surface area contributed by atoms with Gasteiger partial charge in [0.05, 0.1) is 12.0 Å². The number of aliphatic hydroxyl groups excluding tert-OH is 1. The van der Waals surface area contributed by atoms with Crippen molar-refractivity contribution in [3.05, 3.63) is 24.3 Å². The van der Waals surface area contributed by atoms with Gasteiger partial charge in [-0.05, 0) is 25.7 Å². The third-order valence-electron chi connectivity index (χ3n) is 8.96. The molecule has 0 saturated carbocycles. The van der Waals surface area contributed by atoms with Crippen LogP contribution in [0.3, 0.4) is 0 Å². The van der Waals surface area contributed by atoms with Gasteiger partial charge in [-0.25, -0.2) is 9.59 Å². The first-order chi connectivity index (χ1) is 22.5. The molecule has 0 aromatic heterocycles. The first-order valence-corrected chi connectivity index (χ1v) is 19.7. The number of rotatable bonds is 35. The molecule has 0 aromatic rings. The summed E-state index contributed by atoms with van der Waals surface area (Å²) in [6.07, 6.45) is 42.9. The Balaban J connectivity index is 3.75. The van der Waals surface area contributed by atoms with Gasteiger partial charge >= 0.3 is 11.9 Å². The largest absolute Gasteiger partial charge is 0.462 e. The molecule has 0 unspecified atom stereocenters. The van der Waals surface area contributed by atoms with Crippen LogP contribution in [-0.4, -0.2) is 36.9 Å². The molecule has 0 radical (unpaired) electrons. The van der Waals surface area contributed by atoms with Crippen molar-refractivity contribution in [3.8, 4) is 0 Å². The van der Waals surface area contributed by atoms with Crippen LogP contribution < -0.4 is 0 Å². The summed E-state index contributed by atoms with van der Waals surface area (Å²) in [4.78, 5) is 24.3. The van der Waals surface area contributed by atoms with Gasteiger partial charge in [-0.3, -0.25) is 0 Å². The predicted molar refractivity (Wildman–Crippen MR) is 196 cm³/mol. The van der Waals surface area contributed by atoms with Gasteiger partial charge in [-0.15, -0.1) is 0 Å². The van der Waals surface area contributed by atoms with Gasteiger partial charge in [0.1, 0.15) is 13.2 Å². The van der Waals surface area contributed by atoms with Crippen molar-refractivity contribution in [1.29, 1.82) is 0 Å². The van der Waals surface area contributed by atoms with E-state index in [0.29, 0.717) is 0 Å². The highest BCUT2D eigenvalue weighted by atomic mass is 16.5. The average molecular weight is 649 g/mol. The maximum Gasteiger partial charge on any atom is 0.330 e. The van der Waals surface area contributed by atoms with Crippen molar-refractivity contribution in [2.75, 3.05) is 19.8 Å². The topological polar surface area (TPSA) is 72.8 Å². The van der Waals surface area contributed by atoms with E-state index in [9.17, 15) is 14.7 Å². The van der Waals surface area contributed by atoms with Crippen molar-refractivity contribution in [1.82, 2.24) is 0 Å². The zero-order chi connectivity index (χ0) is 33.8. The summed E-state index contributed by atoms with van der Waals surface area (Å²) in [7, 11) is 0. The molecule has 0 spiro atoms. The quantitative estimate of drug-likeness (QED) is 0.0420. The zero-order valence-corrected chi connectivity index (χ0v) is 30.8. The fraction of sp³-hybridized carbons (Fsp3) is 0.854. The normalized spacial score (nSPS) is 13.0. The Hall–Kier alpha value is -1.62. The summed E-state index contributed by atoms with van der Waals surface area (Å²) >= 11 is 0. The van der Waals surface area contributed by atoms with Crippen LogP contribution in [0.5, 0.6) is 0 Å². The molecule has 5 nitrogen and oxygen atoms in total. The van der Waals surface area contributed by atoms with Crippen molar-refractivity contribution in [2.45, 2.75) is 201 Å². The molecule has 0 heterocycles. The van der Waals surface area contributed by atoms with Crippen molar-refractivity contribution in [3.63, 3.8) is 0 Å². The number of carbonyl (C=O) groups is 2. The number of ether oxygens (including phenoxy) is 2. The van der Waals surface area contributed by atoms with Gasteiger partial charge in [0, 0.05) is 12.2 Å². The predicted octanol–water partition coefficient (Wildman–Crippen LogP) is 12.1. The highest BCUT2D eigenvalue weighted by molar-refractivity contribution is 5.82. The van der Waals surface area contributed by atoms with Gasteiger partial charge in [-0.1, -0.05) is 187 Å². The van der Waals surface area contributed by atoms with Crippen LogP contribution in [0.25, 0.3) is 0 Å². The molecule has 270 valence electrons. The van der Waals surface area contributed by atoms with Crippen LogP contribution in [0.2, 0.25) is 0 Å². The molecule has 5 heteroatoms. The molecule has 0 bridgehead atoms. The van der Waals surface area contributed by atoms with E-state index in [-0.39, 0.29) is 19.8 Å². The second-order valence-corrected chi connectivity index (χ2v) is 14.1. The lowest BCUT2D eigenvalue weighted by molar-refractivity contribution is -0.149. The second kappa shape index (κ2) is 34.7. The fourth-order valence-electron chi connectivity index (χ4n) is 5.64. The highest BCUT2D eigenvalue weighted by Crippen LogP contribution is 2.18. The summed E-state index contributed by atoms with van der Waals surface area (Å²) in [5.41, 5.74) is -0.822.